The van der Waals surface area contributed by atoms with Crippen molar-refractivity contribution < 1.29 is 14.7 Å². The second-order valence-corrected chi connectivity index (χ2v) is 6.98. The molecule has 6 nitrogen and oxygen atoms in total. The standard InChI is InChI=1S/C17H21N3O3S/c1-10(14-9-18-20(4)11(14)2)19-16(21)13-7-5-6-8-15(13)24-12(3)17(22)23/h5-10,12H,1-4H3,(H,19,21)(H,22,23). The number of carbonyl (C=O) groups excluding carboxylic acids is 1. The number of benzene rings is 1. The third-order valence-electron chi connectivity index (χ3n) is 3.87. The zero-order valence-corrected chi connectivity index (χ0v) is 14.9. The molecule has 2 aromatic rings. The summed E-state index contributed by atoms with van der Waals surface area (Å²) in [6, 6.07) is 6.84. The average molecular weight is 347 g/mol. The van der Waals surface area contributed by atoms with E-state index < -0.39 is 11.2 Å². The van der Waals surface area contributed by atoms with Crippen LogP contribution in [0.2, 0.25) is 0 Å². The van der Waals surface area contributed by atoms with Crippen LogP contribution in [0.3, 0.4) is 0 Å². The summed E-state index contributed by atoms with van der Waals surface area (Å²) in [6.07, 6.45) is 1.74. The Hall–Kier alpha value is -2.28. The first-order valence-corrected chi connectivity index (χ1v) is 8.47. The van der Waals surface area contributed by atoms with Crippen molar-refractivity contribution in [1.82, 2.24) is 15.1 Å². The number of carboxylic acids is 1. The van der Waals surface area contributed by atoms with Crippen LogP contribution in [0.25, 0.3) is 0 Å². The van der Waals surface area contributed by atoms with E-state index in [0.29, 0.717) is 10.5 Å². The number of hydrogen-bond donors (Lipinski definition) is 2. The molecule has 1 aromatic carbocycles. The molecule has 2 atom stereocenters. The van der Waals surface area contributed by atoms with Gasteiger partial charge in [-0.05, 0) is 32.9 Å². The highest BCUT2D eigenvalue weighted by molar-refractivity contribution is 8.00. The second-order valence-electron chi connectivity index (χ2n) is 5.60. The molecule has 0 saturated carbocycles. The molecule has 0 aliphatic rings. The lowest BCUT2D eigenvalue weighted by molar-refractivity contribution is -0.136. The van der Waals surface area contributed by atoms with Crippen LogP contribution >= 0.6 is 11.8 Å². The summed E-state index contributed by atoms with van der Waals surface area (Å²) in [5.41, 5.74) is 2.42. The highest BCUT2D eigenvalue weighted by atomic mass is 32.2. The largest absolute Gasteiger partial charge is 0.480 e. The maximum Gasteiger partial charge on any atom is 0.316 e. The molecule has 0 aliphatic carbocycles. The fraction of sp³-hybridized carbons (Fsp3) is 0.353. The molecular formula is C17H21N3O3S. The van der Waals surface area contributed by atoms with Crippen molar-refractivity contribution in [2.45, 2.75) is 37.0 Å². The summed E-state index contributed by atoms with van der Waals surface area (Å²) in [5.74, 6) is -1.14. The van der Waals surface area contributed by atoms with Crippen molar-refractivity contribution in [2.24, 2.45) is 7.05 Å². The summed E-state index contributed by atoms with van der Waals surface area (Å²) in [6.45, 7) is 5.45. The molecule has 0 fully saturated rings. The molecule has 24 heavy (non-hydrogen) atoms. The number of aliphatic carboxylic acids is 1. The third kappa shape index (κ3) is 3.97. The van der Waals surface area contributed by atoms with Crippen LogP contribution in [0.1, 0.15) is 41.5 Å². The first-order chi connectivity index (χ1) is 11.3. The molecule has 7 heteroatoms. The predicted molar refractivity (Wildman–Crippen MR) is 93.2 cm³/mol. The van der Waals surface area contributed by atoms with E-state index in [-0.39, 0.29) is 11.9 Å². The minimum absolute atomic E-state index is 0.193. The van der Waals surface area contributed by atoms with Gasteiger partial charge in [0.1, 0.15) is 5.25 Å². The highest BCUT2D eigenvalue weighted by Crippen LogP contribution is 2.27. The van der Waals surface area contributed by atoms with Crippen molar-refractivity contribution in [3.8, 4) is 0 Å². The number of hydrogen-bond acceptors (Lipinski definition) is 4. The van der Waals surface area contributed by atoms with Crippen LogP contribution in [-0.2, 0) is 11.8 Å². The molecule has 2 rings (SSSR count). The van der Waals surface area contributed by atoms with Gasteiger partial charge in [-0.3, -0.25) is 14.3 Å². The maximum absolute atomic E-state index is 12.6. The zero-order chi connectivity index (χ0) is 17.9. The minimum atomic E-state index is -0.908. The molecular weight excluding hydrogens is 326 g/mol. The first-order valence-electron chi connectivity index (χ1n) is 7.59. The summed E-state index contributed by atoms with van der Waals surface area (Å²) < 4.78 is 1.76. The summed E-state index contributed by atoms with van der Waals surface area (Å²) in [5, 5.41) is 15.6. The number of carbonyl (C=O) groups is 2. The zero-order valence-electron chi connectivity index (χ0n) is 14.1. The SMILES string of the molecule is Cc1c(C(C)NC(=O)c2ccccc2SC(C)C(=O)O)cnn1C. The number of nitrogens with one attached hydrogen (secondary N) is 1. The lowest BCUT2D eigenvalue weighted by Gasteiger charge is -2.16. The van der Waals surface area contributed by atoms with Gasteiger partial charge in [-0.2, -0.15) is 5.10 Å². The quantitative estimate of drug-likeness (QED) is 0.785. The first kappa shape index (κ1) is 18.1. The minimum Gasteiger partial charge on any atom is -0.480 e. The van der Waals surface area contributed by atoms with Crippen LogP contribution < -0.4 is 5.32 Å². The average Bonchev–Trinajstić information content (AvgIpc) is 2.87. The lowest BCUT2D eigenvalue weighted by atomic mass is 10.1. The highest BCUT2D eigenvalue weighted by Gasteiger charge is 2.20. The van der Waals surface area contributed by atoms with Crippen LogP contribution in [0.15, 0.2) is 35.4 Å². The van der Waals surface area contributed by atoms with Crippen LogP contribution in [0.5, 0.6) is 0 Å². The van der Waals surface area contributed by atoms with Gasteiger partial charge in [-0.25, -0.2) is 0 Å². The Labute approximate surface area is 145 Å². The number of rotatable bonds is 6. The molecule has 1 heterocycles. The van der Waals surface area contributed by atoms with E-state index in [4.69, 9.17) is 5.11 Å². The van der Waals surface area contributed by atoms with Gasteiger partial charge in [0.15, 0.2) is 0 Å². The fourth-order valence-corrected chi connectivity index (χ4v) is 3.22. The van der Waals surface area contributed by atoms with Gasteiger partial charge in [0.2, 0.25) is 0 Å². The van der Waals surface area contributed by atoms with E-state index in [1.165, 1.54) is 0 Å². The second kappa shape index (κ2) is 7.53. The molecule has 2 unspecified atom stereocenters. The normalized spacial score (nSPS) is 13.3. The predicted octanol–water partition coefficient (Wildman–Crippen LogP) is 2.78. The van der Waals surface area contributed by atoms with E-state index in [1.54, 1.807) is 42.1 Å². The number of aryl methyl sites for hydroxylation is 1. The van der Waals surface area contributed by atoms with Gasteiger partial charge in [-0.1, -0.05) is 12.1 Å². The topological polar surface area (TPSA) is 84.2 Å². The summed E-state index contributed by atoms with van der Waals surface area (Å²) >= 11 is 1.16. The smallest absolute Gasteiger partial charge is 0.316 e. The molecule has 128 valence electrons. The Kier molecular flexibility index (Phi) is 5.66. The number of thioether (sulfide) groups is 1. The van der Waals surface area contributed by atoms with Gasteiger partial charge < -0.3 is 10.4 Å². The maximum atomic E-state index is 12.6. The molecule has 0 spiro atoms. The van der Waals surface area contributed by atoms with E-state index >= 15 is 0 Å². The van der Waals surface area contributed by atoms with Crippen molar-refractivity contribution in [2.75, 3.05) is 0 Å². The molecule has 0 aliphatic heterocycles. The van der Waals surface area contributed by atoms with Gasteiger partial charge >= 0.3 is 5.97 Å². The van der Waals surface area contributed by atoms with Crippen LogP contribution in [-0.4, -0.2) is 32.0 Å². The number of aromatic nitrogens is 2. The Balaban J connectivity index is 2.18. The van der Waals surface area contributed by atoms with E-state index in [1.807, 2.05) is 20.9 Å². The van der Waals surface area contributed by atoms with Crippen LogP contribution in [0.4, 0.5) is 0 Å². The molecule has 1 aromatic heterocycles. The van der Waals surface area contributed by atoms with Crippen molar-refractivity contribution in [3.63, 3.8) is 0 Å². The summed E-state index contributed by atoms with van der Waals surface area (Å²) in [7, 11) is 1.85. The molecule has 0 saturated heterocycles. The molecule has 0 bridgehead atoms. The third-order valence-corrected chi connectivity index (χ3v) is 5.04. The van der Waals surface area contributed by atoms with E-state index in [9.17, 15) is 9.59 Å². The number of nitrogens with zero attached hydrogens (tertiary/aromatic N) is 2. The van der Waals surface area contributed by atoms with Crippen LogP contribution in [0, 0.1) is 6.92 Å². The van der Waals surface area contributed by atoms with Gasteiger partial charge in [-0.15, -0.1) is 11.8 Å². The van der Waals surface area contributed by atoms with Gasteiger partial charge in [0, 0.05) is 23.2 Å². The van der Waals surface area contributed by atoms with Gasteiger partial charge in [0.25, 0.3) is 5.91 Å². The molecule has 2 N–H and O–H groups in total. The van der Waals surface area contributed by atoms with Gasteiger partial charge in [0.05, 0.1) is 17.8 Å². The molecule has 1 amide bonds. The number of carboxylic acid groups (broad SMARTS) is 1. The Morgan fingerprint density at radius 3 is 2.54 bits per heavy atom. The lowest BCUT2D eigenvalue weighted by Crippen LogP contribution is -2.27. The fourth-order valence-electron chi connectivity index (χ4n) is 2.29. The Morgan fingerprint density at radius 2 is 1.96 bits per heavy atom. The summed E-state index contributed by atoms with van der Waals surface area (Å²) in [4.78, 5) is 24.3. The monoisotopic (exact) mass is 347 g/mol. The van der Waals surface area contributed by atoms with Crippen molar-refractivity contribution in [1.29, 1.82) is 0 Å². The van der Waals surface area contributed by atoms with Crippen molar-refractivity contribution in [3.05, 3.63) is 47.3 Å². The number of amides is 1. The molecule has 0 radical (unpaired) electrons. The van der Waals surface area contributed by atoms with Crippen molar-refractivity contribution >= 4 is 23.6 Å². The van der Waals surface area contributed by atoms with E-state index in [2.05, 4.69) is 10.4 Å². The Morgan fingerprint density at radius 1 is 1.29 bits per heavy atom. The van der Waals surface area contributed by atoms with E-state index in [0.717, 1.165) is 23.0 Å². The Bertz CT molecular complexity index is 757.